The highest BCUT2D eigenvalue weighted by molar-refractivity contribution is 7.80. The lowest BCUT2D eigenvalue weighted by Crippen LogP contribution is -2.40. The molecule has 0 spiro atoms. The normalized spacial score (nSPS) is 12.4. The molecule has 0 aliphatic rings. The summed E-state index contributed by atoms with van der Waals surface area (Å²) >= 11 is 4.04. The molecule has 0 rings (SSSR count). The van der Waals surface area contributed by atoms with Crippen LogP contribution in [0.4, 0.5) is 0 Å². The van der Waals surface area contributed by atoms with Gasteiger partial charge in [0.2, 0.25) is 5.91 Å². The van der Waals surface area contributed by atoms with Gasteiger partial charge in [0, 0.05) is 42.5 Å². The number of nitrogens with one attached hydrogen (secondary N) is 2. The second-order valence-electron chi connectivity index (χ2n) is 6.58. The van der Waals surface area contributed by atoms with Crippen LogP contribution in [0.15, 0.2) is 12.3 Å². The molecular formula is C15H31N2O3PS. The van der Waals surface area contributed by atoms with Gasteiger partial charge in [0.25, 0.3) is 0 Å². The summed E-state index contributed by atoms with van der Waals surface area (Å²) in [5.41, 5.74) is 0.483. The summed E-state index contributed by atoms with van der Waals surface area (Å²) in [7, 11) is -1.87. The Morgan fingerprint density at radius 3 is 2.27 bits per heavy atom. The van der Waals surface area contributed by atoms with Crippen LogP contribution < -0.4 is 10.6 Å². The predicted octanol–water partition coefficient (Wildman–Crippen LogP) is 2.26. The van der Waals surface area contributed by atoms with E-state index in [2.05, 4.69) is 57.5 Å². The van der Waals surface area contributed by atoms with Crippen LogP contribution in [-0.2, 0) is 4.79 Å². The van der Waals surface area contributed by atoms with Crippen molar-refractivity contribution < 1.29 is 14.6 Å². The average molecular weight is 350 g/mol. The fourth-order valence-corrected chi connectivity index (χ4v) is 2.80. The Bertz CT molecular complexity index is 374. The van der Waals surface area contributed by atoms with E-state index in [1.54, 1.807) is 0 Å². The summed E-state index contributed by atoms with van der Waals surface area (Å²) < 4.78 is 0. The third kappa shape index (κ3) is 7.32. The minimum atomic E-state index is -1.87. The van der Waals surface area contributed by atoms with Crippen molar-refractivity contribution in [1.29, 1.82) is 0 Å². The van der Waals surface area contributed by atoms with Gasteiger partial charge in [0.1, 0.15) is 0 Å². The first kappa shape index (κ1) is 21.7. The summed E-state index contributed by atoms with van der Waals surface area (Å²) in [6.45, 7) is 13.6. The van der Waals surface area contributed by atoms with Gasteiger partial charge in [-0.15, -0.1) is 0 Å². The van der Waals surface area contributed by atoms with Gasteiger partial charge in [-0.2, -0.15) is 12.6 Å². The van der Waals surface area contributed by atoms with Crippen LogP contribution in [0.25, 0.3) is 0 Å². The fourth-order valence-electron chi connectivity index (χ4n) is 1.93. The van der Waals surface area contributed by atoms with Crippen molar-refractivity contribution in [3.63, 3.8) is 0 Å². The summed E-state index contributed by atoms with van der Waals surface area (Å²) in [5.74, 6) is 0.628. The highest BCUT2D eigenvalue weighted by atomic mass is 32.1. The number of amides is 1. The first-order chi connectivity index (χ1) is 10.0. The first-order valence-corrected chi connectivity index (χ1v) is 9.57. The van der Waals surface area contributed by atoms with E-state index < -0.39 is 8.38 Å². The molecule has 7 heteroatoms. The van der Waals surface area contributed by atoms with Gasteiger partial charge >= 0.3 is 0 Å². The lowest BCUT2D eigenvalue weighted by molar-refractivity contribution is -0.120. The lowest BCUT2D eigenvalue weighted by atomic mass is 9.65. The molecule has 1 amide bonds. The van der Waals surface area contributed by atoms with E-state index in [0.717, 1.165) is 5.70 Å². The van der Waals surface area contributed by atoms with Gasteiger partial charge in [-0.3, -0.25) is 4.79 Å². The highest BCUT2D eigenvalue weighted by Crippen LogP contribution is 2.47. The number of thiol groups is 1. The van der Waals surface area contributed by atoms with Crippen molar-refractivity contribution in [2.75, 3.05) is 25.0 Å². The molecule has 0 unspecified atom stereocenters. The zero-order valence-electron chi connectivity index (χ0n) is 14.1. The molecule has 0 saturated heterocycles. The van der Waals surface area contributed by atoms with Crippen LogP contribution in [0.1, 0.15) is 40.5 Å². The molecule has 130 valence electrons. The van der Waals surface area contributed by atoms with Gasteiger partial charge < -0.3 is 20.4 Å². The number of carbonyl (C=O) groups excluding carboxylic acids is 1. The van der Waals surface area contributed by atoms with Crippen molar-refractivity contribution in [3.8, 4) is 0 Å². The number of hydrogen-bond donors (Lipinski definition) is 5. The number of rotatable bonds is 11. The molecule has 4 N–H and O–H groups in total. The maximum atomic E-state index is 11.5. The Hall–Kier alpha value is -0.290. The van der Waals surface area contributed by atoms with E-state index >= 15 is 0 Å². The fraction of sp³-hybridized carbons (Fsp3) is 0.800. The molecule has 0 radical (unpaired) electrons. The zero-order valence-corrected chi connectivity index (χ0v) is 15.9. The third-order valence-electron chi connectivity index (χ3n) is 4.51. The Labute approximate surface area is 141 Å². The van der Waals surface area contributed by atoms with Gasteiger partial charge in [0.15, 0.2) is 8.38 Å². The summed E-state index contributed by atoms with van der Waals surface area (Å²) in [6.07, 6.45) is 1.48. The maximum absolute atomic E-state index is 11.5. The van der Waals surface area contributed by atoms with Crippen LogP contribution in [0.5, 0.6) is 0 Å². The van der Waals surface area contributed by atoms with Crippen LogP contribution in [-0.4, -0.2) is 40.7 Å². The molecule has 5 nitrogen and oxygen atoms in total. The van der Waals surface area contributed by atoms with Crippen LogP contribution >= 0.6 is 21.0 Å². The molecule has 0 aliphatic heterocycles. The van der Waals surface area contributed by atoms with Crippen molar-refractivity contribution in [3.05, 3.63) is 12.3 Å². The Kier molecular flexibility index (Phi) is 9.63. The second-order valence-corrected chi connectivity index (χ2v) is 8.22. The largest absolute Gasteiger partial charge is 0.388 e. The minimum Gasteiger partial charge on any atom is -0.388 e. The molecule has 0 fully saturated rings. The molecular weight excluding hydrogens is 319 g/mol. The van der Waals surface area contributed by atoms with E-state index in [-0.39, 0.29) is 16.7 Å². The standard InChI is InChI=1S/C15H31N2O3PS/c1-12(16-8-6-13(18)17-9-11-22)15(4,5)14(2,3)7-10-21(19)20/h16,19-20,22H,1,6-11H2,2-5H3,(H,17,18). The summed E-state index contributed by atoms with van der Waals surface area (Å²) in [5, 5.41) is 6.00. The van der Waals surface area contributed by atoms with Crippen molar-refractivity contribution in [1.82, 2.24) is 10.6 Å². The van der Waals surface area contributed by atoms with Crippen LogP contribution in [0.3, 0.4) is 0 Å². The predicted molar refractivity (Wildman–Crippen MR) is 97.0 cm³/mol. The molecule has 0 aromatic carbocycles. The monoisotopic (exact) mass is 350 g/mol. The Balaban J connectivity index is 4.40. The van der Waals surface area contributed by atoms with Gasteiger partial charge in [0.05, 0.1) is 0 Å². The molecule has 0 aromatic rings. The SMILES string of the molecule is C=C(NCCC(=O)NCCS)C(C)(C)C(C)(C)CCP(O)O. The summed E-state index contributed by atoms with van der Waals surface area (Å²) in [6, 6.07) is 0. The van der Waals surface area contributed by atoms with Crippen molar-refractivity contribution in [2.45, 2.75) is 40.5 Å². The maximum Gasteiger partial charge on any atom is 0.221 e. The van der Waals surface area contributed by atoms with E-state index in [9.17, 15) is 4.79 Å². The molecule has 0 atom stereocenters. The van der Waals surface area contributed by atoms with E-state index in [4.69, 9.17) is 9.79 Å². The Morgan fingerprint density at radius 2 is 1.77 bits per heavy atom. The molecule has 0 aromatic heterocycles. The Morgan fingerprint density at radius 1 is 1.18 bits per heavy atom. The number of carbonyl (C=O) groups is 1. The number of allylic oxidation sites excluding steroid dienone is 1. The van der Waals surface area contributed by atoms with E-state index in [1.807, 2.05) is 0 Å². The first-order valence-electron chi connectivity index (χ1n) is 7.50. The zero-order chi connectivity index (χ0) is 17.4. The molecule has 0 heterocycles. The van der Waals surface area contributed by atoms with Gasteiger partial charge in [-0.1, -0.05) is 34.3 Å². The lowest BCUT2D eigenvalue weighted by Gasteiger charge is -2.43. The van der Waals surface area contributed by atoms with Gasteiger partial charge in [-0.25, -0.2) is 0 Å². The quantitative estimate of drug-likeness (QED) is 0.292. The topological polar surface area (TPSA) is 81.6 Å². The second kappa shape index (κ2) is 9.76. The van der Waals surface area contributed by atoms with Crippen molar-refractivity contribution >= 4 is 26.9 Å². The summed E-state index contributed by atoms with van der Waals surface area (Å²) in [4.78, 5) is 29.8. The number of hydrogen-bond acceptors (Lipinski definition) is 5. The van der Waals surface area contributed by atoms with Crippen LogP contribution in [0, 0.1) is 10.8 Å². The molecule has 0 bridgehead atoms. The molecule has 22 heavy (non-hydrogen) atoms. The highest BCUT2D eigenvalue weighted by Gasteiger charge is 2.39. The van der Waals surface area contributed by atoms with Crippen LogP contribution in [0.2, 0.25) is 0 Å². The van der Waals surface area contributed by atoms with Crippen molar-refractivity contribution in [2.24, 2.45) is 10.8 Å². The third-order valence-corrected chi connectivity index (χ3v) is 5.35. The van der Waals surface area contributed by atoms with Gasteiger partial charge in [-0.05, 0) is 11.8 Å². The smallest absolute Gasteiger partial charge is 0.221 e. The van der Waals surface area contributed by atoms with E-state index in [1.165, 1.54) is 0 Å². The minimum absolute atomic E-state index is 0.00220. The average Bonchev–Trinajstić information content (AvgIpc) is 2.42. The molecule has 0 aliphatic carbocycles. The molecule has 0 saturated carbocycles. The van der Waals surface area contributed by atoms with E-state index in [0.29, 0.717) is 37.8 Å².